The summed E-state index contributed by atoms with van der Waals surface area (Å²) in [6.45, 7) is 3.54. The van der Waals surface area contributed by atoms with Crippen LogP contribution < -0.4 is 0 Å². The molecule has 0 amide bonds. The molecular formula is C12H21N. The summed E-state index contributed by atoms with van der Waals surface area (Å²) < 4.78 is 0. The van der Waals surface area contributed by atoms with Crippen LogP contribution in [0.3, 0.4) is 0 Å². The van der Waals surface area contributed by atoms with E-state index in [4.69, 9.17) is 0 Å². The summed E-state index contributed by atoms with van der Waals surface area (Å²) in [4.78, 5) is 2.51. The molecule has 1 heteroatoms. The van der Waals surface area contributed by atoms with E-state index in [1.807, 2.05) is 0 Å². The van der Waals surface area contributed by atoms with Crippen molar-refractivity contribution >= 4 is 0 Å². The number of rotatable bonds is 4. The molecule has 1 saturated carbocycles. The van der Waals surface area contributed by atoms with Gasteiger partial charge in [-0.1, -0.05) is 18.9 Å². The summed E-state index contributed by atoms with van der Waals surface area (Å²) in [5.41, 5.74) is 3.48. The summed E-state index contributed by atoms with van der Waals surface area (Å²) in [5, 5.41) is 0. The molecule has 1 fully saturated rings. The van der Waals surface area contributed by atoms with E-state index in [9.17, 15) is 0 Å². The predicted molar refractivity (Wildman–Crippen MR) is 56.5 cm³/mol. The average Bonchev–Trinajstić information content (AvgIpc) is 2.74. The Balaban J connectivity index is 1.93. The van der Waals surface area contributed by atoms with E-state index in [0.29, 0.717) is 0 Å². The molecule has 0 saturated heterocycles. The van der Waals surface area contributed by atoms with Crippen LogP contribution in [0, 0.1) is 5.92 Å². The molecule has 2 aliphatic carbocycles. The van der Waals surface area contributed by atoms with E-state index < -0.39 is 0 Å². The van der Waals surface area contributed by atoms with E-state index in [1.165, 1.54) is 45.1 Å². The summed E-state index contributed by atoms with van der Waals surface area (Å²) >= 11 is 0. The highest BCUT2D eigenvalue weighted by molar-refractivity contribution is 5.24. The van der Waals surface area contributed by atoms with Crippen LogP contribution in [-0.4, -0.2) is 18.5 Å². The molecule has 0 aromatic rings. The first-order chi connectivity index (χ1) is 6.31. The second-order valence-corrected chi connectivity index (χ2v) is 4.64. The van der Waals surface area contributed by atoms with Crippen LogP contribution in [0.15, 0.2) is 11.3 Å². The van der Waals surface area contributed by atoms with Gasteiger partial charge in [0.2, 0.25) is 0 Å². The van der Waals surface area contributed by atoms with Gasteiger partial charge in [-0.3, -0.25) is 0 Å². The number of hydrogen-bond acceptors (Lipinski definition) is 1. The van der Waals surface area contributed by atoms with Gasteiger partial charge in [0.05, 0.1) is 0 Å². The summed E-state index contributed by atoms with van der Waals surface area (Å²) in [5.74, 6) is 1.02. The summed E-state index contributed by atoms with van der Waals surface area (Å²) in [7, 11) is 2.28. The molecular weight excluding hydrogens is 158 g/mol. The minimum Gasteiger partial charge on any atom is -0.378 e. The SMILES string of the molecule is CCCCN(C)C1=C2CCC(C2)C1. The number of allylic oxidation sites excluding steroid dienone is 2. The number of unbranched alkanes of at least 4 members (excludes halogenated alkanes) is 1. The number of fused-ring (bicyclic) bond motifs is 2. The molecule has 1 nitrogen and oxygen atoms in total. The molecule has 2 aliphatic rings. The Morgan fingerprint density at radius 2 is 2.23 bits per heavy atom. The molecule has 2 rings (SSSR count). The minimum atomic E-state index is 1.02. The predicted octanol–water partition coefficient (Wildman–Crippen LogP) is 3.18. The van der Waals surface area contributed by atoms with Gasteiger partial charge in [-0.2, -0.15) is 0 Å². The first kappa shape index (κ1) is 9.11. The van der Waals surface area contributed by atoms with E-state index in [-0.39, 0.29) is 0 Å². The maximum atomic E-state index is 2.51. The molecule has 1 atom stereocenters. The van der Waals surface area contributed by atoms with Crippen molar-refractivity contribution in [1.29, 1.82) is 0 Å². The first-order valence-corrected chi connectivity index (χ1v) is 5.73. The lowest BCUT2D eigenvalue weighted by molar-refractivity contribution is 0.370. The standard InChI is InChI=1S/C12H21N/c1-3-4-7-13(2)12-9-10-5-6-11(12)8-10/h10H,3-9H2,1-2H3. The lowest BCUT2D eigenvalue weighted by atomic mass is 10.0. The zero-order valence-electron chi connectivity index (χ0n) is 8.97. The fourth-order valence-corrected chi connectivity index (χ4v) is 2.74. The lowest BCUT2D eigenvalue weighted by Gasteiger charge is -2.24. The third-order valence-corrected chi connectivity index (χ3v) is 3.59. The van der Waals surface area contributed by atoms with Crippen LogP contribution in [0.25, 0.3) is 0 Å². The van der Waals surface area contributed by atoms with Crippen molar-refractivity contribution in [2.45, 2.75) is 45.4 Å². The Morgan fingerprint density at radius 1 is 1.38 bits per heavy atom. The quantitative estimate of drug-likeness (QED) is 0.640. The molecule has 0 aromatic heterocycles. The van der Waals surface area contributed by atoms with Gasteiger partial charge in [0.25, 0.3) is 0 Å². The molecule has 13 heavy (non-hydrogen) atoms. The third-order valence-electron chi connectivity index (χ3n) is 3.59. The van der Waals surface area contributed by atoms with Crippen molar-refractivity contribution in [2.75, 3.05) is 13.6 Å². The van der Waals surface area contributed by atoms with Crippen LogP contribution in [0.5, 0.6) is 0 Å². The lowest BCUT2D eigenvalue weighted by Crippen LogP contribution is -2.20. The van der Waals surface area contributed by atoms with E-state index in [0.717, 1.165) is 5.92 Å². The monoisotopic (exact) mass is 179 g/mol. The van der Waals surface area contributed by atoms with Gasteiger partial charge in [0.1, 0.15) is 0 Å². The maximum absolute atomic E-state index is 2.51. The van der Waals surface area contributed by atoms with Crippen molar-refractivity contribution in [3.63, 3.8) is 0 Å². The van der Waals surface area contributed by atoms with Crippen LogP contribution in [0.4, 0.5) is 0 Å². The van der Waals surface area contributed by atoms with Gasteiger partial charge in [-0.15, -0.1) is 0 Å². The topological polar surface area (TPSA) is 3.24 Å². The van der Waals surface area contributed by atoms with Gasteiger partial charge in [0.15, 0.2) is 0 Å². The Bertz CT molecular complexity index is 217. The number of nitrogens with zero attached hydrogens (tertiary/aromatic N) is 1. The molecule has 0 N–H and O–H groups in total. The molecule has 0 aromatic carbocycles. The van der Waals surface area contributed by atoms with Crippen LogP contribution in [0.1, 0.15) is 45.4 Å². The van der Waals surface area contributed by atoms with Crippen molar-refractivity contribution in [1.82, 2.24) is 4.90 Å². The molecule has 2 bridgehead atoms. The Morgan fingerprint density at radius 3 is 2.77 bits per heavy atom. The molecule has 0 spiro atoms. The highest BCUT2D eigenvalue weighted by Crippen LogP contribution is 2.44. The minimum absolute atomic E-state index is 1.02. The van der Waals surface area contributed by atoms with Gasteiger partial charge in [-0.05, 0) is 38.0 Å². The van der Waals surface area contributed by atoms with Gasteiger partial charge >= 0.3 is 0 Å². The van der Waals surface area contributed by atoms with Crippen LogP contribution >= 0.6 is 0 Å². The normalized spacial score (nSPS) is 25.8. The van der Waals surface area contributed by atoms with Crippen LogP contribution in [-0.2, 0) is 0 Å². The second-order valence-electron chi connectivity index (χ2n) is 4.64. The zero-order valence-corrected chi connectivity index (χ0v) is 8.97. The second kappa shape index (κ2) is 3.73. The molecule has 0 radical (unpaired) electrons. The average molecular weight is 179 g/mol. The smallest absolute Gasteiger partial charge is 0.0171 e. The fraction of sp³-hybridized carbons (Fsp3) is 0.833. The Labute approximate surface area is 81.8 Å². The van der Waals surface area contributed by atoms with E-state index in [2.05, 4.69) is 18.9 Å². The first-order valence-electron chi connectivity index (χ1n) is 5.73. The van der Waals surface area contributed by atoms with Crippen molar-refractivity contribution < 1.29 is 0 Å². The Hall–Kier alpha value is -0.460. The molecule has 74 valence electrons. The van der Waals surface area contributed by atoms with Crippen molar-refractivity contribution in [2.24, 2.45) is 5.92 Å². The van der Waals surface area contributed by atoms with Gasteiger partial charge in [0, 0.05) is 19.3 Å². The Kier molecular flexibility index (Phi) is 2.61. The maximum Gasteiger partial charge on any atom is 0.0171 e. The fourth-order valence-electron chi connectivity index (χ4n) is 2.74. The highest BCUT2D eigenvalue weighted by Gasteiger charge is 2.31. The summed E-state index contributed by atoms with van der Waals surface area (Å²) in [6, 6.07) is 0. The highest BCUT2D eigenvalue weighted by atomic mass is 15.1. The van der Waals surface area contributed by atoms with Crippen molar-refractivity contribution in [3.05, 3.63) is 11.3 Å². The zero-order chi connectivity index (χ0) is 9.26. The molecule has 0 heterocycles. The van der Waals surface area contributed by atoms with Gasteiger partial charge in [-0.25, -0.2) is 0 Å². The number of hydrogen-bond donors (Lipinski definition) is 0. The molecule has 1 unspecified atom stereocenters. The summed E-state index contributed by atoms with van der Waals surface area (Å²) in [6.07, 6.45) is 8.34. The van der Waals surface area contributed by atoms with Crippen molar-refractivity contribution in [3.8, 4) is 0 Å². The molecule has 0 aliphatic heterocycles. The van der Waals surface area contributed by atoms with E-state index >= 15 is 0 Å². The third kappa shape index (κ3) is 1.74. The van der Waals surface area contributed by atoms with Crippen LogP contribution in [0.2, 0.25) is 0 Å². The largest absolute Gasteiger partial charge is 0.378 e. The van der Waals surface area contributed by atoms with Gasteiger partial charge < -0.3 is 4.90 Å². The van der Waals surface area contributed by atoms with E-state index in [1.54, 1.807) is 11.3 Å².